The number of rotatable bonds is 8. The van der Waals surface area contributed by atoms with E-state index in [0.29, 0.717) is 6.54 Å². The average molecular weight is 392 g/mol. The number of nitrogens with one attached hydrogen (secondary N) is 2. The van der Waals surface area contributed by atoms with Crippen LogP contribution in [0.15, 0.2) is 84.9 Å². The number of hydrogen-bond acceptors (Lipinski definition) is 2. The predicted molar refractivity (Wildman–Crippen MR) is 112 cm³/mol. The van der Waals surface area contributed by atoms with Crippen LogP contribution in [0.1, 0.15) is 35.1 Å². The van der Waals surface area contributed by atoms with E-state index in [-0.39, 0.29) is 24.1 Å². The van der Waals surface area contributed by atoms with Crippen LogP contribution < -0.4 is 10.6 Å². The van der Waals surface area contributed by atoms with Crippen molar-refractivity contribution < 1.29 is 14.3 Å². The Balaban J connectivity index is 1.52. The highest BCUT2D eigenvalue weighted by atomic mass is 19.1. The molecule has 0 fully saturated rings. The molecule has 0 aliphatic carbocycles. The Morgan fingerprint density at radius 2 is 1.38 bits per heavy atom. The van der Waals surface area contributed by atoms with E-state index in [0.717, 1.165) is 6.42 Å². The molecule has 29 heavy (non-hydrogen) atoms. The zero-order valence-electron chi connectivity index (χ0n) is 16.1. The molecule has 0 aliphatic rings. The summed E-state index contributed by atoms with van der Waals surface area (Å²) in [4.78, 5) is 12.1. The minimum atomic E-state index is -1.09. The number of aliphatic hydroxyl groups is 1. The van der Waals surface area contributed by atoms with Crippen LogP contribution in [-0.4, -0.2) is 24.2 Å². The van der Waals surface area contributed by atoms with Crippen molar-refractivity contribution in [3.8, 4) is 0 Å². The summed E-state index contributed by atoms with van der Waals surface area (Å²) in [5, 5.41) is 15.5. The van der Waals surface area contributed by atoms with E-state index >= 15 is 0 Å². The fourth-order valence-electron chi connectivity index (χ4n) is 3.33. The molecule has 4 nitrogen and oxygen atoms in total. The van der Waals surface area contributed by atoms with Gasteiger partial charge >= 0.3 is 6.03 Å². The van der Waals surface area contributed by atoms with Gasteiger partial charge in [-0.25, -0.2) is 9.18 Å². The lowest BCUT2D eigenvalue weighted by Crippen LogP contribution is -2.38. The SMILES string of the molecule is O=C(NCCC(c1ccccc1)c1ccccc1)NCC(O)c1ccccc1F. The molecular weight excluding hydrogens is 367 g/mol. The van der Waals surface area contributed by atoms with Gasteiger partial charge in [0.25, 0.3) is 0 Å². The van der Waals surface area contributed by atoms with Gasteiger partial charge in [-0.2, -0.15) is 0 Å². The number of benzene rings is 3. The predicted octanol–water partition coefficient (Wildman–Crippen LogP) is 4.38. The second-order valence-corrected chi connectivity index (χ2v) is 6.84. The van der Waals surface area contributed by atoms with E-state index < -0.39 is 11.9 Å². The first-order valence-corrected chi connectivity index (χ1v) is 9.69. The third-order valence-electron chi connectivity index (χ3n) is 4.84. The van der Waals surface area contributed by atoms with Crippen LogP contribution in [0.4, 0.5) is 9.18 Å². The minimum Gasteiger partial charge on any atom is -0.386 e. The van der Waals surface area contributed by atoms with Crippen molar-refractivity contribution in [1.29, 1.82) is 0 Å². The van der Waals surface area contributed by atoms with Crippen molar-refractivity contribution >= 4 is 6.03 Å². The molecule has 2 amide bonds. The number of carbonyl (C=O) groups excluding carboxylic acids is 1. The van der Waals surface area contributed by atoms with Crippen molar-refractivity contribution in [2.45, 2.75) is 18.4 Å². The summed E-state index contributed by atoms with van der Waals surface area (Å²) in [5.41, 5.74) is 2.55. The van der Waals surface area contributed by atoms with Gasteiger partial charge in [-0.1, -0.05) is 78.9 Å². The summed E-state index contributed by atoms with van der Waals surface area (Å²) in [6.45, 7) is 0.406. The monoisotopic (exact) mass is 392 g/mol. The molecule has 150 valence electrons. The maximum absolute atomic E-state index is 13.7. The molecule has 0 spiro atoms. The van der Waals surface area contributed by atoms with E-state index in [1.807, 2.05) is 36.4 Å². The van der Waals surface area contributed by atoms with Crippen LogP contribution in [0.2, 0.25) is 0 Å². The lowest BCUT2D eigenvalue weighted by Gasteiger charge is -2.19. The highest BCUT2D eigenvalue weighted by Crippen LogP contribution is 2.27. The van der Waals surface area contributed by atoms with Crippen LogP contribution >= 0.6 is 0 Å². The lowest BCUT2D eigenvalue weighted by molar-refractivity contribution is 0.169. The first-order chi connectivity index (χ1) is 14.1. The molecule has 1 unspecified atom stereocenters. The van der Waals surface area contributed by atoms with Gasteiger partial charge in [0.05, 0.1) is 6.10 Å². The van der Waals surface area contributed by atoms with E-state index in [4.69, 9.17) is 0 Å². The average Bonchev–Trinajstić information content (AvgIpc) is 2.76. The van der Waals surface area contributed by atoms with Gasteiger partial charge in [-0.05, 0) is 23.6 Å². The highest BCUT2D eigenvalue weighted by Gasteiger charge is 2.15. The molecular formula is C24H25FN2O2. The number of hydrogen-bond donors (Lipinski definition) is 3. The topological polar surface area (TPSA) is 61.4 Å². The van der Waals surface area contributed by atoms with Gasteiger partial charge in [0, 0.05) is 24.6 Å². The van der Waals surface area contributed by atoms with E-state index in [1.54, 1.807) is 12.1 Å². The molecule has 0 aromatic heterocycles. The van der Waals surface area contributed by atoms with Crippen molar-refractivity contribution in [1.82, 2.24) is 10.6 Å². The molecule has 3 N–H and O–H groups in total. The molecule has 3 rings (SSSR count). The summed E-state index contributed by atoms with van der Waals surface area (Å²) in [6.07, 6.45) is -0.361. The Kier molecular flexibility index (Phi) is 7.36. The quantitative estimate of drug-likeness (QED) is 0.533. The number of urea groups is 1. The van der Waals surface area contributed by atoms with Gasteiger partial charge in [0.15, 0.2) is 0 Å². The number of halogens is 1. The second-order valence-electron chi connectivity index (χ2n) is 6.84. The zero-order chi connectivity index (χ0) is 20.5. The standard InChI is InChI=1S/C24H25FN2O2/c25-22-14-8-7-13-21(22)23(28)17-27-24(29)26-16-15-20(18-9-3-1-4-10-18)19-11-5-2-6-12-19/h1-14,20,23,28H,15-17H2,(H2,26,27,29). The maximum atomic E-state index is 13.7. The Bertz CT molecular complexity index is 864. The first-order valence-electron chi connectivity index (χ1n) is 9.69. The smallest absolute Gasteiger partial charge is 0.314 e. The van der Waals surface area contributed by atoms with Gasteiger partial charge in [-0.15, -0.1) is 0 Å². The van der Waals surface area contributed by atoms with E-state index in [1.165, 1.54) is 23.3 Å². The van der Waals surface area contributed by atoms with Gasteiger partial charge in [0.1, 0.15) is 5.82 Å². The summed E-state index contributed by atoms with van der Waals surface area (Å²) in [6, 6.07) is 26.0. The number of aliphatic hydroxyl groups excluding tert-OH is 1. The largest absolute Gasteiger partial charge is 0.386 e. The third kappa shape index (κ3) is 5.90. The molecule has 0 saturated carbocycles. The zero-order valence-corrected chi connectivity index (χ0v) is 16.1. The van der Waals surface area contributed by atoms with E-state index in [9.17, 15) is 14.3 Å². The molecule has 0 aliphatic heterocycles. The molecule has 5 heteroatoms. The molecule has 0 saturated heterocycles. The lowest BCUT2D eigenvalue weighted by atomic mass is 9.88. The van der Waals surface area contributed by atoms with Crippen molar-refractivity contribution in [2.75, 3.05) is 13.1 Å². The van der Waals surface area contributed by atoms with Crippen LogP contribution in [0.5, 0.6) is 0 Å². The van der Waals surface area contributed by atoms with E-state index in [2.05, 4.69) is 34.9 Å². The molecule has 0 radical (unpaired) electrons. The molecule has 1 atom stereocenters. The Labute approximate surface area is 170 Å². The summed E-state index contributed by atoms with van der Waals surface area (Å²) in [5.74, 6) is -0.322. The van der Waals surface area contributed by atoms with Crippen molar-refractivity contribution in [3.05, 3.63) is 107 Å². The Morgan fingerprint density at radius 1 is 0.828 bits per heavy atom. The molecule has 0 bridgehead atoms. The fraction of sp³-hybridized carbons (Fsp3) is 0.208. The molecule has 3 aromatic rings. The second kappa shape index (κ2) is 10.4. The third-order valence-corrected chi connectivity index (χ3v) is 4.84. The maximum Gasteiger partial charge on any atom is 0.314 e. The Hall–Kier alpha value is -3.18. The van der Waals surface area contributed by atoms with Crippen LogP contribution in [-0.2, 0) is 0 Å². The Morgan fingerprint density at radius 3 is 1.97 bits per heavy atom. The van der Waals surface area contributed by atoms with Crippen molar-refractivity contribution in [2.24, 2.45) is 0 Å². The summed E-state index contributed by atoms with van der Waals surface area (Å²) in [7, 11) is 0. The minimum absolute atomic E-state index is 0.0619. The van der Waals surface area contributed by atoms with Crippen LogP contribution in [0, 0.1) is 5.82 Å². The fourth-order valence-corrected chi connectivity index (χ4v) is 3.33. The van der Waals surface area contributed by atoms with Gasteiger partial charge < -0.3 is 15.7 Å². The highest BCUT2D eigenvalue weighted by molar-refractivity contribution is 5.73. The summed E-state index contributed by atoms with van der Waals surface area (Å²) < 4.78 is 13.7. The number of carbonyl (C=O) groups is 1. The molecule has 0 heterocycles. The summed E-state index contributed by atoms with van der Waals surface area (Å²) >= 11 is 0. The number of amides is 2. The van der Waals surface area contributed by atoms with Gasteiger partial charge in [0.2, 0.25) is 0 Å². The van der Waals surface area contributed by atoms with Crippen LogP contribution in [0.25, 0.3) is 0 Å². The molecule has 3 aromatic carbocycles. The van der Waals surface area contributed by atoms with Crippen LogP contribution in [0.3, 0.4) is 0 Å². The van der Waals surface area contributed by atoms with Crippen molar-refractivity contribution in [3.63, 3.8) is 0 Å². The normalized spacial score (nSPS) is 11.8. The van der Waals surface area contributed by atoms with Gasteiger partial charge in [-0.3, -0.25) is 0 Å². The first kappa shape index (κ1) is 20.6.